The van der Waals surface area contributed by atoms with E-state index in [1.807, 2.05) is 52.0 Å². The van der Waals surface area contributed by atoms with Crippen LogP contribution in [0.3, 0.4) is 0 Å². The standard InChI is InChI=1S/C29H35N5O5/c1-18(31-26-17-30-16-22(33-26)20-10-13-24(35)25(15-20)38-5)19-8-11-21(12-9-19)32-27(36)23-7-6-14-34(23)28(37)39-29(2,3)4/h8-13,15-18,23,35H,6-7,14H2,1-5H3,(H,31,33)(H,32,36). The van der Waals surface area contributed by atoms with Gasteiger partial charge in [-0.1, -0.05) is 12.1 Å². The van der Waals surface area contributed by atoms with Crippen LogP contribution in [-0.4, -0.2) is 57.3 Å². The highest BCUT2D eigenvalue weighted by molar-refractivity contribution is 5.96. The number of hydrogen-bond acceptors (Lipinski definition) is 8. The molecule has 2 unspecified atom stereocenters. The van der Waals surface area contributed by atoms with E-state index in [9.17, 15) is 14.7 Å². The van der Waals surface area contributed by atoms with Crippen molar-refractivity contribution < 1.29 is 24.2 Å². The van der Waals surface area contributed by atoms with Gasteiger partial charge < -0.3 is 25.2 Å². The first-order valence-corrected chi connectivity index (χ1v) is 12.9. The van der Waals surface area contributed by atoms with Crippen molar-refractivity contribution in [2.45, 2.75) is 58.2 Å². The molecule has 1 aromatic heterocycles. The Kier molecular flexibility index (Phi) is 8.23. The van der Waals surface area contributed by atoms with Crippen LogP contribution >= 0.6 is 0 Å². The van der Waals surface area contributed by atoms with Gasteiger partial charge in [-0.15, -0.1) is 0 Å². The summed E-state index contributed by atoms with van der Waals surface area (Å²) >= 11 is 0. The first-order chi connectivity index (χ1) is 18.5. The molecule has 10 heteroatoms. The fraction of sp³-hybridized carbons (Fsp3) is 0.379. The molecule has 206 valence electrons. The minimum Gasteiger partial charge on any atom is -0.504 e. The van der Waals surface area contributed by atoms with Crippen molar-refractivity contribution >= 4 is 23.5 Å². The topological polar surface area (TPSA) is 126 Å². The molecule has 1 saturated heterocycles. The summed E-state index contributed by atoms with van der Waals surface area (Å²) in [4.78, 5) is 35.9. The quantitative estimate of drug-likeness (QED) is 0.370. The number of aromatic hydroxyl groups is 1. The Morgan fingerprint density at radius 3 is 2.56 bits per heavy atom. The van der Waals surface area contributed by atoms with Gasteiger partial charge in [0, 0.05) is 23.8 Å². The molecule has 2 heterocycles. The molecule has 0 bridgehead atoms. The maximum Gasteiger partial charge on any atom is 0.410 e. The van der Waals surface area contributed by atoms with Crippen LogP contribution in [0.1, 0.15) is 52.1 Å². The number of likely N-dealkylation sites (tertiary alicyclic amines) is 1. The molecule has 3 N–H and O–H groups in total. The average molecular weight is 534 g/mol. The van der Waals surface area contributed by atoms with Crippen LogP contribution in [-0.2, 0) is 9.53 Å². The number of hydrogen-bond donors (Lipinski definition) is 3. The summed E-state index contributed by atoms with van der Waals surface area (Å²) in [7, 11) is 1.49. The van der Waals surface area contributed by atoms with E-state index in [-0.39, 0.29) is 17.7 Å². The molecule has 3 aromatic rings. The Morgan fingerprint density at radius 1 is 1.13 bits per heavy atom. The molecule has 1 aliphatic rings. The van der Waals surface area contributed by atoms with Crippen molar-refractivity contribution in [3.05, 3.63) is 60.4 Å². The third-order valence-corrected chi connectivity index (χ3v) is 6.34. The lowest BCUT2D eigenvalue weighted by molar-refractivity contribution is -0.120. The van der Waals surface area contributed by atoms with Crippen LogP contribution in [0.5, 0.6) is 11.5 Å². The molecule has 1 fully saturated rings. The molecule has 1 aliphatic heterocycles. The van der Waals surface area contributed by atoms with E-state index in [1.54, 1.807) is 30.6 Å². The van der Waals surface area contributed by atoms with Gasteiger partial charge in [-0.05, 0) is 76.4 Å². The van der Waals surface area contributed by atoms with E-state index in [2.05, 4.69) is 20.6 Å². The number of anilines is 2. The van der Waals surface area contributed by atoms with Crippen LogP contribution in [0.2, 0.25) is 0 Å². The van der Waals surface area contributed by atoms with Gasteiger partial charge in [0.25, 0.3) is 0 Å². The number of ether oxygens (including phenoxy) is 2. The van der Waals surface area contributed by atoms with Crippen LogP contribution < -0.4 is 15.4 Å². The molecule has 0 spiro atoms. The molecule has 2 amide bonds. The second kappa shape index (κ2) is 11.6. The number of aromatic nitrogens is 2. The van der Waals surface area contributed by atoms with Crippen LogP contribution in [0.15, 0.2) is 54.9 Å². The Morgan fingerprint density at radius 2 is 1.87 bits per heavy atom. The van der Waals surface area contributed by atoms with Gasteiger partial charge in [0.2, 0.25) is 5.91 Å². The lowest BCUT2D eigenvalue weighted by atomic mass is 10.1. The van der Waals surface area contributed by atoms with E-state index in [0.717, 1.165) is 17.5 Å². The molecule has 10 nitrogen and oxygen atoms in total. The second-order valence-electron chi connectivity index (χ2n) is 10.5. The van der Waals surface area contributed by atoms with Gasteiger partial charge in [0.05, 0.1) is 25.2 Å². The smallest absolute Gasteiger partial charge is 0.410 e. The summed E-state index contributed by atoms with van der Waals surface area (Å²) in [6.45, 7) is 7.93. The normalized spacial score (nSPS) is 15.9. The maximum atomic E-state index is 13.0. The van der Waals surface area contributed by atoms with E-state index >= 15 is 0 Å². The fourth-order valence-corrected chi connectivity index (χ4v) is 4.38. The number of rotatable bonds is 7. The number of nitrogens with zero attached hydrogens (tertiary/aromatic N) is 3. The largest absolute Gasteiger partial charge is 0.504 e. The lowest BCUT2D eigenvalue weighted by Gasteiger charge is -2.28. The van der Waals surface area contributed by atoms with Crippen molar-refractivity contribution in [1.82, 2.24) is 14.9 Å². The summed E-state index contributed by atoms with van der Waals surface area (Å²) in [5, 5.41) is 16.1. The van der Waals surface area contributed by atoms with E-state index in [1.165, 1.54) is 12.0 Å². The van der Waals surface area contributed by atoms with Gasteiger partial charge in [-0.2, -0.15) is 0 Å². The maximum absolute atomic E-state index is 13.0. The second-order valence-corrected chi connectivity index (χ2v) is 10.5. The zero-order valence-corrected chi connectivity index (χ0v) is 22.9. The number of carbonyl (C=O) groups excluding carboxylic acids is 2. The summed E-state index contributed by atoms with van der Waals surface area (Å²) in [6, 6.07) is 11.9. The lowest BCUT2D eigenvalue weighted by Crippen LogP contribution is -2.45. The highest BCUT2D eigenvalue weighted by Crippen LogP contribution is 2.31. The molecule has 0 radical (unpaired) electrons. The summed E-state index contributed by atoms with van der Waals surface area (Å²) in [6.07, 6.45) is 4.18. The molecule has 4 rings (SSSR count). The first kappa shape index (κ1) is 27.7. The monoisotopic (exact) mass is 533 g/mol. The minimum absolute atomic E-state index is 0.0559. The zero-order valence-electron chi connectivity index (χ0n) is 22.9. The predicted molar refractivity (Wildman–Crippen MR) is 149 cm³/mol. The third kappa shape index (κ3) is 6.95. The minimum atomic E-state index is -0.618. The van der Waals surface area contributed by atoms with Crippen molar-refractivity contribution in [2.24, 2.45) is 0 Å². The highest BCUT2D eigenvalue weighted by atomic mass is 16.6. The third-order valence-electron chi connectivity index (χ3n) is 6.34. The van der Waals surface area contributed by atoms with Crippen molar-refractivity contribution in [2.75, 3.05) is 24.3 Å². The molecule has 0 saturated carbocycles. The van der Waals surface area contributed by atoms with Crippen LogP contribution in [0.4, 0.5) is 16.3 Å². The predicted octanol–water partition coefficient (Wildman–Crippen LogP) is 5.37. The zero-order chi connectivity index (χ0) is 28.2. The Balaban J connectivity index is 1.38. The number of carbonyl (C=O) groups is 2. The number of benzene rings is 2. The van der Waals surface area contributed by atoms with Crippen molar-refractivity contribution in [3.63, 3.8) is 0 Å². The number of phenolic OH excluding ortho intramolecular Hbond substituents is 1. The summed E-state index contributed by atoms with van der Waals surface area (Å²) in [5.41, 5.74) is 2.42. The SMILES string of the molecule is COc1cc(-c2cncc(NC(C)c3ccc(NC(=O)C4CCCN4C(=O)OC(C)(C)C)cc3)n2)ccc1O. The number of nitrogens with one attached hydrogen (secondary N) is 2. The van der Waals surface area contributed by atoms with Crippen LogP contribution in [0, 0.1) is 0 Å². The van der Waals surface area contributed by atoms with Gasteiger partial charge >= 0.3 is 6.09 Å². The first-order valence-electron chi connectivity index (χ1n) is 12.9. The van der Waals surface area contributed by atoms with Gasteiger partial charge in [0.1, 0.15) is 17.5 Å². The van der Waals surface area contributed by atoms with Crippen LogP contribution in [0.25, 0.3) is 11.3 Å². The molecule has 2 atom stereocenters. The highest BCUT2D eigenvalue weighted by Gasteiger charge is 2.36. The van der Waals surface area contributed by atoms with Crippen molar-refractivity contribution in [3.8, 4) is 22.8 Å². The Bertz CT molecular complexity index is 1320. The molecule has 0 aliphatic carbocycles. The van der Waals surface area contributed by atoms with Gasteiger partial charge in [0.15, 0.2) is 11.5 Å². The molecule has 39 heavy (non-hydrogen) atoms. The average Bonchev–Trinajstić information content (AvgIpc) is 3.39. The van der Waals surface area contributed by atoms with Gasteiger partial charge in [-0.3, -0.25) is 14.7 Å². The molecular weight excluding hydrogens is 498 g/mol. The molecular formula is C29H35N5O5. The molecule has 2 aromatic carbocycles. The van der Waals surface area contributed by atoms with Crippen molar-refractivity contribution in [1.29, 1.82) is 0 Å². The van der Waals surface area contributed by atoms with E-state index in [0.29, 0.717) is 35.9 Å². The number of phenols is 1. The number of methoxy groups -OCH3 is 1. The number of amides is 2. The fourth-order valence-electron chi connectivity index (χ4n) is 4.38. The summed E-state index contributed by atoms with van der Waals surface area (Å²) in [5.74, 6) is 0.780. The summed E-state index contributed by atoms with van der Waals surface area (Å²) < 4.78 is 10.7. The van der Waals surface area contributed by atoms with E-state index < -0.39 is 17.7 Å². The Hall–Kier alpha value is -4.34. The Labute approximate surface area is 228 Å². The van der Waals surface area contributed by atoms with E-state index in [4.69, 9.17) is 9.47 Å². The van der Waals surface area contributed by atoms with Gasteiger partial charge in [-0.25, -0.2) is 9.78 Å².